The van der Waals surface area contributed by atoms with Crippen LogP contribution in [-0.4, -0.2) is 18.3 Å². The van der Waals surface area contributed by atoms with E-state index in [1.165, 1.54) is 35.4 Å². The zero-order valence-corrected chi connectivity index (χ0v) is 19.3. The molecule has 1 aliphatic heterocycles. The van der Waals surface area contributed by atoms with Gasteiger partial charge in [0, 0.05) is 5.56 Å². The van der Waals surface area contributed by atoms with E-state index in [2.05, 4.69) is 97.9 Å². The standard InChI is InChI=1S/C25H26P.C2HF3O2/c1-2-3-6-13-21-20-26(22-14-7-4-8-15-22,23-16-9-5-10-17-23)25-19-12-11-18-24(21)25;3-2(4,5)1(6)7/h4-5,7-19H,2-3,6,20H2,1H3;(H,6,7)/q+1;/p-1/b21-13+;. The van der Waals surface area contributed by atoms with Gasteiger partial charge in [-0.25, -0.2) is 0 Å². The lowest BCUT2D eigenvalue weighted by Gasteiger charge is -2.23. The number of unbranched alkanes of at least 4 members (excludes halogenated alkanes) is 2. The molecule has 2 nitrogen and oxygen atoms in total. The lowest BCUT2D eigenvalue weighted by atomic mass is 10.1. The highest BCUT2D eigenvalue weighted by molar-refractivity contribution is 7.96. The minimum atomic E-state index is -5.19. The van der Waals surface area contributed by atoms with Crippen molar-refractivity contribution < 1.29 is 23.1 Å². The number of rotatable bonds is 5. The van der Waals surface area contributed by atoms with E-state index in [-0.39, 0.29) is 0 Å². The highest BCUT2D eigenvalue weighted by atomic mass is 31.2. The van der Waals surface area contributed by atoms with Gasteiger partial charge in [0.2, 0.25) is 0 Å². The van der Waals surface area contributed by atoms with Crippen molar-refractivity contribution in [3.63, 3.8) is 0 Å². The van der Waals surface area contributed by atoms with Crippen molar-refractivity contribution in [1.82, 2.24) is 0 Å². The predicted octanol–water partition coefficient (Wildman–Crippen LogP) is 4.87. The Balaban J connectivity index is 0.000000383. The van der Waals surface area contributed by atoms with Crippen molar-refractivity contribution in [1.29, 1.82) is 0 Å². The monoisotopic (exact) mass is 470 g/mol. The molecule has 4 rings (SSSR count). The molecule has 3 aromatic rings. The summed E-state index contributed by atoms with van der Waals surface area (Å²) in [6, 6.07) is 31.5. The van der Waals surface area contributed by atoms with Gasteiger partial charge in [0.05, 0.1) is 6.16 Å². The topological polar surface area (TPSA) is 40.1 Å². The maximum atomic E-state index is 10.5. The number of aliphatic carboxylic acids is 1. The molecule has 1 heterocycles. The van der Waals surface area contributed by atoms with Crippen LogP contribution >= 0.6 is 7.26 Å². The highest BCUT2D eigenvalue weighted by Gasteiger charge is 2.52. The van der Waals surface area contributed by atoms with Gasteiger partial charge >= 0.3 is 6.18 Å². The molecule has 1 aliphatic rings. The van der Waals surface area contributed by atoms with Crippen LogP contribution in [0.2, 0.25) is 0 Å². The number of halogens is 3. The van der Waals surface area contributed by atoms with Crippen molar-refractivity contribution >= 4 is 34.7 Å². The molecule has 0 aliphatic carbocycles. The smallest absolute Gasteiger partial charge is 0.430 e. The highest BCUT2D eigenvalue weighted by Crippen LogP contribution is 2.62. The number of hydrogen-bond donors (Lipinski definition) is 0. The van der Waals surface area contributed by atoms with Crippen LogP contribution in [-0.2, 0) is 4.79 Å². The molecule has 0 atom stereocenters. The molecule has 0 saturated carbocycles. The Bertz CT molecular complexity index is 1050. The number of fused-ring (bicyclic) bond motifs is 1. The molecule has 172 valence electrons. The fourth-order valence-corrected chi connectivity index (χ4v) is 8.67. The minimum Gasteiger partial charge on any atom is -0.542 e. The maximum absolute atomic E-state index is 10.5. The van der Waals surface area contributed by atoms with E-state index in [9.17, 15) is 13.2 Å². The zero-order chi connectivity index (χ0) is 23.9. The van der Waals surface area contributed by atoms with E-state index in [0.717, 1.165) is 6.16 Å². The normalized spacial score (nSPS) is 15.5. The van der Waals surface area contributed by atoms with Gasteiger partial charge in [-0.05, 0) is 42.3 Å². The summed E-state index contributed by atoms with van der Waals surface area (Å²) >= 11 is 0. The lowest BCUT2D eigenvalue weighted by Crippen LogP contribution is -2.37. The number of hydrogen-bond acceptors (Lipinski definition) is 2. The molecular weight excluding hydrogens is 444 g/mol. The molecule has 6 heteroatoms. The molecule has 0 aromatic heterocycles. The Morgan fingerprint density at radius 1 is 0.909 bits per heavy atom. The van der Waals surface area contributed by atoms with Crippen LogP contribution in [0.5, 0.6) is 0 Å². The fourth-order valence-electron chi connectivity index (χ4n) is 4.13. The Kier molecular flexibility index (Phi) is 8.10. The van der Waals surface area contributed by atoms with Gasteiger partial charge in [0.1, 0.15) is 29.1 Å². The molecule has 0 fully saturated rings. The second kappa shape index (κ2) is 10.8. The fraction of sp³-hybridized carbons (Fsp3) is 0.222. The largest absolute Gasteiger partial charge is 0.542 e. The van der Waals surface area contributed by atoms with Gasteiger partial charge in [-0.15, -0.1) is 0 Å². The molecular formula is C27H26F3O2P. The third kappa shape index (κ3) is 5.54. The van der Waals surface area contributed by atoms with E-state index in [1.807, 2.05) is 0 Å². The Labute approximate surface area is 193 Å². The number of carbonyl (C=O) groups excluding carboxylic acids is 1. The molecule has 0 amide bonds. The summed E-state index contributed by atoms with van der Waals surface area (Å²) in [6.45, 7) is 2.27. The van der Waals surface area contributed by atoms with E-state index < -0.39 is 19.4 Å². The van der Waals surface area contributed by atoms with Crippen LogP contribution in [0.4, 0.5) is 13.2 Å². The molecule has 0 saturated heterocycles. The van der Waals surface area contributed by atoms with Gasteiger partial charge in [-0.2, -0.15) is 13.2 Å². The van der Waals surface area contributed by atoms with Crippen molar-refractivity contribution in [3.8, 4) is 0 Å². The summed E-state index contributed by atoms with van der Waals surface area (Å²) in [5.74, 6) is -3.01. The molecule has 0 bridgehead atoms. The van der Waals surface area contributed by atoms with Crippen molar-refractivity contribution in [2.45, 2.75) is 32.4 Å². The van der Waals surface area contributed by atoms with Crippen LogP contribution in [0.25, 0.3) is 5.57 Å². The first-order valence-electron chi connectivity index (χ1n) is 10.9. The first kappa shape index (κ1) is 24.7. The van der Waals surface area contributed by atoms with Crippen LogP contribution < -0.4 is 21.0 Å². The van der Waals surface area contributed by atoms with Crippen LogP contribution in [0.1, 0.15) is 31.7 Å². The van der Waals surface area contributed by atoms with Crippen molar-refractivity contribution in [3.05, 3.63) is 96.6 Å². The molecule has 3 aromatic carbocycles. The summed E-state index contributed by atoms with van der Waals surface area (Å²) in [6.07, 6.45) is 2.18. The first-order chi connectivity index (χ1) is 15.8. The molecule has 0 radical (unpaired) electrons. The molecule has 33 heavy (non-hydrogen) atoms. The second-order valence-corrected chi connectivity index (χ2v) is 11.3. The summed E-state index contributed by atoms with van der Waals surface area (Å²) in [7, 11) is -1.61. The molecule has 0 N–H and O–H groups in total. The predicted molar refractivity (Wildman–Crippen MR) is 129 cm³/mol. The number of carboxylic acids is 1. The quantitative estimate of drug-likeness (QED) is 0.395. The lowest BCUT2D eigenvalue weighted by molar-refractivity contribution is -0.344. The van der Waals surface area contributed by atoms with Crippen LogP contribution in [0, 0.1) is 0 Å². The summed E-state index contributed by atoms with van der Waals surface area (Å²) in [5.41, 5.74) is 3.03. The third-order valence-corrected chi connectivity index (χ3v) is 10.0. The summed E-state index contributed by atoms with van der Waals surface area (Å²) < 4.78 is 31.5. The molecule has 0 unspecified atom stereocenters. The average molecular weight is 470 g/mol. The summed E-state index contributed by atoms with van der Waals surface area (Å²) in [5, 5.41) is 13.3. The van der Waals surface area contributed by atoms with E-state index in [1.54, 1.807) is 10.9 Å². The second-order valence-electron chi connectivity index (χ2n) is 7.81. The number of allylic oxidation sites excluding steroid dienone is 2. The third-order valence-electron chi connectivity index (χ3n) is 5.64. The Morgan fingerprint density at radius 2 is 1.39 bits per heavy atom. The first-order valence-corrected chi connectivity index (χ1v) is 12.8. The number of benzene rings is 3. The number of carbonyl (C=O) groups is 1. The van der Waals surface area contributed by atoms with Gasteiger partial charge in [0.25, 0.3) is 0 Å². The Hall–Kier alpha value is -2.91. The zero-order valence-electron chi connectivity index (χ0n) is 18.4. The van der Waals surface area contributed by atoms with Crippen molar-refractivity contribution in [2.75, 3.05) is 6.16 Å². The van der Waals surface area contributed by atoms with Gasteiger partial charge < -0.3 is 9.90 Å². The minimum absolute atomic E-state index is 1.16. The van der Waals surface area contributed by atoms with Crippen molar-refractivity contribution in [2.24, 2.45) is 0 Å². The van der Waals surface area contributed by atoms with Crippen LogP contribution in [0.15, 0.2) is 91.0 Å². The number of alkyl halides is 3. The van der Waals surface area contributed by atoms with Gasteiger partial charge in [0.15, 0.2) is 0 Å². The average Bonchev–Trinajstić information content (AvgIpc) is 3.16. The van der Waals surface area contributed by atoms with Gasteiger partial charge in [-0.1, -0.05) is 80.4 Å². The molecule has 0 spiro atoms. The maximum Gasteiger partial charge on any atom is 0.430 e. The van der Waals surface area contributed by atoms with Crippen LogP contribution in [0.3, 0.4) is 0 Å². The van der Waals surface area contributed by atoms with E-state index in [4.69, 9.17) is 9.90 Å². The summed E-state index contributed by atoms with van der Waals surface area (Å²) in [4.78, 5) is 8.78. The van der Waals surface area contributed by atoms with E-state index >= 15 is 0 Å². The van der Waals surface area contributed by atoms with Gasteiger partial charge in [-0.3, -0.25) is 0 Å². The number of carboxylic acid groups (broad SMARTS) is 1. The SMILES string of the molecule is CCCC/C=C1\C[P+](c2ccccc2)(c2ccccc2)c2ccccc21.O=C([O-])C(F)(F)F. The van der Waals surface area contributed by atoms with E-state index in [0.29, 0.717) is 0 Å². The Morgan fingerprint density at radius 3 is 1.88 bits per heavy atom.